The lowest BCUT2D eigenvalue weighted by molar-refractivity contribution is 0.103. The summed E-state index contributed by atoms with van der Waals surface area (Å²) in [6.45, 7) is 1.90. The molecule has 1 aromatic carbocycles. The number of hydrogen-bond acceptors (Lipinski definition) is 1. The molecule has 0 unspecified atom stereocenters. The van der Waals surface area contributed by atoms with Gasteiger partial charge in [-0.1, -0.05) is 11.6 Å². The van der Waals surface area contributed by atoms with E-state index in [1.165, 1.54) is 0 Å². The fourth-order valence-corrected chi connectivity index (χ4v) is 1.57. The number of carbonyl (C=O) groups excluding carboxylic acids is 1. The molecule has 2 rings (SSSR count). The van der Waals surface area contributed by atoms with Gasteiger partial charge >= 0.3 is 0 Å². The van der Waals surface area contributed by atoms with Crippen LogP contribution in [0.2, 0.25) is 5.02 Å². The van der Waals surface area contributed by atoms with Gasteiger partial charge in [-0.15, -0.1) is 0 Å². The minimum atomic E-state index is 0.0189. The molecule has 0 saturated heterocycles. The molecule has 0 aliphatic carbocycles. The number of benzene rings is 1. The number of rotatable bonds is 2. The first-order chi connectivity index (χ1) is 7.18. The van der Waals surface area contributed by atoms with E-state index < -0.39 is 0 Å². The maximum absolute atomic E-state index is 12.0. The largest absolute Gasteiger partial charge is 0.367 e. The third kappa shape index (κ3) is 1.95. The van der Waals surface area contributed by atoms with E-state index in [0.29, 0.717) is 16.1 Å². The number of aromatic amines is 1. The Balaban J connectivity index is 2.37. The van der Waals surface area contributed by atoms with E-state index in [1.807, 2.05) is 13.1 Å². The van der Waals surface area contributed by atoms with Crippen LogP contribution in [0.5, 0.6) is 0 Å². The van der Waals surface area contributed by atoms with Crippen LogP contribution in [-0.2, 0) is 0 Å². The fraction of sp³-hybridized carbons (Fsp3) is 0.0833. The number of aryl methyl sites for hydroxylation is 1. The molecule has 1 N–H and O–H groups in total. The van der Waals surface area contributed by atoms with Gasteiger partial charge in [-0.25, -0.2) is 0 Å². The second-order valence-corrected chi connectivity index (χ2v) is 3.82. The average molecular weight is 220 g/mol. The van der Waals surface area contributed by atoms with Gasteiger partial charge in [0.25, 0.3) is 0 Å². The van der Waals surface area contributed by atoms with Gasteiger partial charge in [0.1, 0.15) is 0 Å². The van der Waals surface area contributed by atoms with Crippen molar-refractivity contribution in [1.29, 1.82) is 0 Å². The SMILES string of the molecule is Cc1c[nH]cc1C(=O)c1ccc(Cl)cc1. The fourth-order valence-electron chi connectivity index (χ4n) is 1.44. The minimum absolute atomic E-state index is 0.0189. The monoisotopic (exact) mass is 219 g/mol. The van der Waals surface area contributed by atoms with Crippen LogP contribution >= 0.6 is 11.6 Å². The number of hydrogen-bond donors (Lipinski definition) is 1. The predicted octanol–water partition coefficient (Wildman–Crippen LogP) is 3.21. The van der Waals surface area contributed by atoms with Gasteiger partial charge in [-0.2, -0.15) is 0 Å². The smallest absolute Gasteiger partial charge is 0.194 e. The Bertz CT molecular complexity index is 485. The van der Waals surface area contributed by atoms with Crippen LogP contribution in [-0.4, -0.2) is 10.8 Å². The Morgan fingerprint density at radius 3 is 2.40 bits per heavy atom. The van der Waals surface area contributed by atoms with Gasteiger partial charge in [-0.3, -0.25) is 4.79 Å². The van der Waals surface area contributed by atoms with Gasteiger partial charge in [0.15, 0.2) is 5.78 Å². The maximum atomic E-state index is 12.0. The van der Waals surface area contributed by atoms with Gasteiger partial charge in [0.05, 0.1) is 0 Å². The molecular formula is C12H10ClNO. The van der Waals surface area contributed by atoms with Crippen LogP contribution in [0, 0.1) is 6.92 Å². The molecule has 0 saturated carbocycles. The highest BCUT2D eigenvalue weighted by atomic mass is 35.5. The molecule has 0 amide bonds. The van der Waals surface area contributed by atoms with Crippen molar-refractivity contribution in [2.24, 2.45) is 0 Å². The zero-order chi connectivity index (χ0) is 10.8. The Kier molecular flexibility index (Phi) is 2.60. The van der Waals surface area contributed by atoms with Crippen molar-refractivity contribution < 1.29 is 4.79 Å². The maximum Gasteiger partial charge on any atom is 0.194 e. The molecule has 15 heavy (non-hydrogen) atoms. The first-order valence-electron chi connectivity index (χ1n) is 4.62. The van der Waals surface area contributed by atoms with Crippen LogP contribution < -0.4 is 0 Å². The van der Waals surface area contributed by atoms with E-state index >= 15 is 0 Å². The summed E-state index contributed by atoms with van der Waals surface area (Å²) >= 11 is 5.76. The number of nitrogens with one attached hydrogen (secondary N) is 1. The molecule has 1 heterocycles. The summed E-state index contributed by atoms with van der Waals surface area (Å²) in [5.41, 5.74) is 2.31. The molecule has 0 spiro atoms. The summed E-state index contributed by atoms with van der Waals surface area (Å²) in [5, 5.41) is 0.636. The Hall–Kier alpha value is -1.54. The molecule has 0 radical (unpaired) electrons. The zero-order valence-electron chi connectivity index (χ0n) is 8.25. The number of H-pyrrole nitrogens is 1. The first-order valence-corrected chi connectivity index (χ1v) is 5.00. The topological polar surface area (TPSA) is 32.9 Å². The van der Waals surface area contributed by atoms with Crippen molar-refractivity contribution in [3.8, 4) is 0 Å². The molecule has 0 atom stereocenters. The second-order valence-electron chi connectivity index (χ2n) is 3.39. The molecule has 3 heteroatoms. The van der Waals surface area contributed by atoms with Crippen LogP contribution in [0.15, 0.2) is 36.7 Å². The molecule has 76 valence electrons. The lowest BCUT2D eigenvalue weighted by atomic mass is 10.0. The zero-order valence-corrected chi connectivity index (χ0v) is 9.01. The van der Waals surface area contributed by atoms with Crippen molar-refractivity contribution in [2.45, 2.75) is 6.92 Å². The van der Waals surface area contributed by atoms with E-state index in [4.69, 9.17) is 11.6 Å². The molecule has 2 nitrogen and oxygen atoms in total. The van der Waals surface area contributed by atoms with Crippen molar-refractivity contribution in [2.75, 3.05) is 0 Å². The minimum Gasteiger partial charge on any atom is -0.367 e. The Labute approximate surface area is 92.9 Å². The Morgan fingerprint density at radius 1 is 1.20 bits per heavy atom. The van der Waals surface area contributed by atoms with E-state index in [-0.39, 0.29) is 5.78 Å². The third-order valence-electron chi connectivity index (χ3n) is 2.30. The summed E-state index contributed by atoms with van der Waals surface area (Å²) < 4.78 is 0. The number of aromatic nitrogens is 1. The van der Waals surface area contributed by atoms with Crippen molar-refractivity contribution in [3.63, 3.8) is 0 Å². The number of ketones is 1. The lowest BCUT2D eigenvalue weighted by Gasteiger charge is -1.99. The predicted molar refractivity (Wildman–Crippen MR) is 60.4 cm³/mol. The van der Waals surface area contributed by atoms with Crippen LogP contribution in [0.1, 0.15) is 21.5 Å². The second kappa shape index (κ2) is 3.91. The molecule has 0 aliphatic heterocycles. The van der Waals surface area contributed by atoms with E-state index in [0.717, 1.165) is 5.56 Å². The summed E-state index contributed by atoms with van der Waals surface area (Å²) in [4.78, 5) is 14.9. The summed E-state index contributed by atoms with van der Waals surface area (Å²) in [5.74, 6) is 0.0189. The van der Waals surface area contributed by atoms with Crippen LogP contribution in [0.3, 0.4) is 0 Å². The summed E-state index contributed by atoms with van der Waals surface area (Å²) in [7, 11) is 0. The van der Waals surface area contributed by atoms with Crippen LogP contribution in [0.4, 0.5) is 0 Å². The highest BCUT2D eigenvalue weighted by Crippen LogP contribution is 2.15. The lowest BCUT2D eigenvalue weighted by Crippen LogP contribution is -2.00. The van der Waals surface area contributed by atoms with E-state index in [2.05, 4.69) is 4.98 Å². The highest BCUT2D eigenvalue weighted by molar-refractivity contribution is 6.30. The quantitative estimate of drug-likeness (QED) is 0.773. The molecular weight excluding hydrogens is 210 g/mol. The molecule has 2 aromatic rings. The van der Waals surface area contributed by atoms with Crippen LogP contribution in [0.25, 0.3) is 0 Å². The van der Waals surface area contributed by atoms with E-state index in [1.54, 1.807) is 30.5 Å². The third-order valence-corrected chi connectivity index (χ3v) is 2.56. The average Bonchev–Trinajstić information content (AvgIpc) is 2.65. The normalized spacial score (nSPS) is 10.3. The molecule has 0 fully saturated rings. The first kappa shape index (κ1) is 9.99. The number of carbonyl (C=O) groups is 1. The van der Waals surface area contributed by atoms with Gasteiger partial charge in [0.2, 0.25) is 0 Å². The highest BCUT2D eigenvalue weighted by Gasteiger charge is 2.11. The molecule has 1 aromatic heterocycles. The summed E-state index contributed by atoms with van der Waals surface area (Å²) in [6.07, 6.45) is 3.52. The summed E-state index contributed by atoms with van der Waals surface area (Å²) in [6, 6.07) is 6.90. The molecule has 0 bridgehead atoms. The van der Waals surface area contributed by atoms with Crippen molar-refractivity contribution in [1.82, 2.24) is 4.98 Å². The van der Waals surface area contributed by atoms with E-state index in [9.17, 15) is 4.79 Å². The molecule has 0 aliphatic rings. The standard InChI is InChI=1S/C12H10ClNO/c1-8-6-14-7-11(8)12(15)9-2-4-10(13)5-3-9/h2-7,14H,1H3. The van der Waals surface area contributed by atoms with Crippen molar-refractivity contribution >= 4 is 17.4 Å². The van der Waals surface area contributed by atoms with Gasteiger partial charge in [-0.05, 0) is 36.8 Å². The Morgan fingerprint density at radius 2 is 1.87 bits per heavy atom. The van der Waals surface area contributed by atoms with Gasteiger partial charge < -0.3 is 4.98 Å². The van der Waals surface area contributed by atoms with Gasteiger partial charge in [0, 0.05) is 28.5 Å². The number of halogens is 1. The van der Waals surface area contributed by atoms with Crippen molar-refractivity contribution in [3.05, 3.63) is 58.4 Å².